The number of hydrogen-bond acceptors (Lipinski definition) is 1. The molecule has 1 nitrogen and oxygen atoms in total. The molecule has 0 aliphatic rings. The fraction of sp³-hybridized carbons (Fsp3) is 0.833. The van der Waals surface area contributed by atoms with Gasteiger partial charge < -0.3 is 4.90 Å². The third-order valence-electron chi connectivity index (χ3n) is 1.12. The second-order valence-corrected chi connectivity index (χ2v) is 3.70. The molecule has 9 heavy (non-hydrogen) atoms. The number of nitrogens with zero attached hydrogens (tertiary/aromatic N) is 1. The zero-order valence-electron chi connectivity index (χ0n) is 6.27. The topological polar surface area (TPSA) is 3.24 Å². The Hall–Kier alpha value is 0.320. The number of thiocarbonyl (C=S) groups is 1. The van der Waals surface area contributed by atoms with E-state index in [0.717, 1.165) is 19.9 Å². The highest BCUT2D eigenvalue weighted by Crippen LogP contribution is 2.09. The summed E-state index contributed by atoms with van der Waals surface area (Å²) in [6.07, 6.45) is 1.18. The molecule has 0 bridgehead atoms. The van der Waals surface area contributed by atoms with Gasteiger partial charge in [-0.25, -0.2) is 0 Å². The van der Waals surface area contributed by atoms with Crippen molar-refractivity contribution in [2.75, 3.05) is 20.3 Å². The van der Waals surface area contributed by atoms with Crippen molar-refractivity contribution < 1.29 is 0 Å². The molecule has 1 atom stereocenters. The molecule has 0 aliphatic heterocycles. The Bertz CT molecular complexity index is 95.1. The summed E-state index contributed by atoms with van der Waals surface area (Å²) in [5.41, 5.74) is 0. The van der Waals surface area contributed by atoms with Crippen LogP contribution >= 0.6 is 20.8 Å². The van der Waals surface area contributed by atoms with Gasteiger partial charge in [-0.3, -0.25) is 0 Å². The average molecular weight is 163 g/mol. The minimum absolute atomic E-state index is 0.779. The highest BCUT2D eigenvalue weighted by molar-refractivity contribution is 7.92. The summed E-state index contributed by atoms with van der Waals surface area (Å²) >= 11 is 5.08. The van der Waals surface area contributed by atoms with Gasteiger partial charge in [-0.1, -0.05) is 27.7 Å². The van der Waals surface area contributed by atoms with Crippen LogP contribution in [0.5, 0.6) is 0 Å². The van der Waals surface area contributed by atoms with Crippen LogP contribution < -0.4 is 0 Å². The van der Waals surface area contributed by atoms with Gasteiger partial charge in [0.15, 0.2) is 0 Å². The monoisotopic (exact) mass is 163 g/mol. The van der Waals surface area contributed by atoms with E-state index in [-0.39, 0.29) is 0 Å². The Morgan fingerprint density at radius 1 is 1.67 bits per heavy atom. The molecule has 0 aromatic carbocycles. The lowest BCUT2D eigenvalue weighted by atomic mass is 10.5. The smallest absolute Gasteiger partial charge is 0.0971 e. The van der Waals surface area contributed by atoms with E-state index in [9.17, 15) is 0 Å². The van der Waals surface area contributed by atoms with E-state index in [4.69, 9.17) is 12.2 Å². The van der Waals surface area contributed by atoms with Crippen molar-refractivity contribution in [2.45, 2.75) is 13.3 Å². The summed E-state index contributed by atoms with van der Waals surface area (Å²) in [6, 6.07) is 0. The molecule has 0 fully saturated rings. The van der Waals surface area contributed by atoms with Crippen LogP contribution in [0.3, 0.4) is 0 Å². The molecular formula is C6H14NPS. The molecule has 0 radical (unpaired) electrons. The molecule has 0 amide bonds. The maximum Gasteiger partial charge on any atom is 0.0971 e. The Labute approximate surface area is 64.6 Å². The lowest BCUT2D eigenvalue weighted by molar-refractivity contribution is 0.517. The van der Waals surface area contributed by atoms with Gasteiger partial charge in [0.05, 0.1) is 4.73 Å². The van der Waals surface area contributed by atoms with E-state index < -0.39 is 0 Å². The Kier molecular flexibility index (Phi) is 5.31. The molecule has 3 heteroatoms. The van der Waals surface area contributed by atoms with E-state index >= 15 is 0 Å². The quantitative estimate of drug-likeness (QED) is 0.462. The largest absolute Gasteiger partial charge is 0.366 e. The van der Waals surface area contributed by atoms with E-state index in [1.54, 1.807) is 0 Å². The van der Waals surface area contributed by atoms with Gasteiger partial charge in [0.1, 0.15) is 0 Å². The van der Waals surface area contributed by atoms with Crippen molar-refractivity contribution in [3.8, 4) is 0 Å². The number of rotatable bonds is 3. The molecule has 0 rings (SSSR count). The molecule has 0 aliphatic carbocycles. The van der Waals surface area contributed by atoms with Crippen molar-refractivity contribution in [3.05, 3.63) is 0 Å². The highest BCUT2D eigenvalue weighted by Gasteiger charge is 1.97. The number of hydrogen-bond donors (Lipinski definition) is 0. The third kappa shape index (κ3) is 3.83. The average Bonchev–Trinajstić information content (AvgIpc) is 1.87. The van der Waals surface area contributed by atoms with Crippen molar-refractivity contribution in [1.82, 2.24) is 4.90 Å². The molecule has 1 unspecified atom stereocenters. The first kappa shape index (κ1) is 9.32. The first-order valence-electron chi connectivity index (χ1n) is 3.15. The van der Waals surface area contributed by atoms with Crippen LogP contribution in [0.1, 0.15) is 13.3 Å². The predicted octanol–water partition coefficient (Wildman–Crippen LogP) is 1.92. The summed E-state index contributed by atoms with van der Waals surface area (Å²) < 4.78 is 1.09. The van der Waals surface area contributed by atoms with Crippen LogP contribution in [-0.2, 0) is 0 Å². The second-order valence-electron chi connectivity index (χ2n) is 1.98. The van der Waals surface area contributed by atoms with Crippen LogP contribution in [0.2, 0.25) is 0 Å². The molecule has 0 heterocycles. The van der Waals surface area contributed by atoms with Gasteiger partial charge in [-0.2, -0.15) is 0 Å². The van der Waals surface area contributed by atoms with Crippen LogP contribution in [-0.4, -0.2) is 29.9 Å². The fourth-order valence-corrected chi connectivity index (χ4v) is 1.21. The van der Waals surface area contributed by atoms with Crippen LogP contribution in [0.15, 0.2) is 0 Å². The maximum absolute atomic E-state index is 5.08. The van der Waals surface area contributed by atoms with E-state index in [1.807, 2.05) is 0 Å². The van der Waals surface area contributed by atoms with Gasteiger partial charge in [-0.05, 0) is 13.1 Å². The van der Waals surface area contributed by atoms with Crippen LogP contribution in [0, 0.1) is 0 Å². The lowest BCUT2D eigenvalue weighted by Crippen LogP contribution is -2.21. The maximum atomic E-state index is 5.08. The molecule has 0 N–H and O–H groups in total. The summed E-state index contributed by atoms with van der Waals surface area (Å²) in [5.74, 6) is 0. The Morgan fingerprint density at radius 3 is 2.56 bits per heavy atom. The van der Waals surface area contributed by atoms with Crippen molar-refractivity contribution in [3.63, 3.8) is 0 Å². The van der Waals surface area contributed by atoms with Crippen molar-refractivity contribution in [1.29, 1.82) is 0 Å². The summed E-state index contributed by atoms with van der Waals surface area (Å²) in [6.45, 7) is 5.38. The molecular weight excluding hydrogens is 149 g/mol. The molecule has 0 saturated carbocycles. The van der Waals surface area contributed by atoms with Gasteiger partial charge in [0, 0.05) is 13.6 Å². The summed E-state index contributed by atoms with van der Waals surface area (Å²) in [7, 11) is 2.84. The standard InChI is InChI=1S/C6H14NPS/c1-4-5-7(2)6(9)8-3/h8H,4-5H2,1-3H3. The summed E-state index contributed by atoms with van der Waals surface area (Å²) in [5, 5.41) is 0. The van der Waals surface area contributed by atoms with Gasteiger partial charge in [0.2, 0.25) is 0 Å². The highest BCUT2D eigenvalue weighted by atomic mass is 32.1. The first-order chi connectivity index (χ1) is 4.22. The molecule has 0 saturated heterocycles. The lowest BCUT2D eigenvalue weighted by Gasteiger charge is -2.17. The van der Waals surface area contributed by atoms with Gasteiger partial charge in [-0.15, -0.1) is 0 Å². The minimum atomic E-state index is 0.779. The SMILES string of the molecule is CCCN(C)C(=S)PC. The van der Waals surface area contributed by atoms with Gasteiger partial charge >= 0.3 is 0 Å². The van der Waals surface area contributed by atoms with E-state index in [2.05, 4.69) is 25.5 Å². The normalized spacial score (nSPS) is 10.6. The van der Waals surface area contributed by atoms with Gasteiger partial charge in [0.25, 0.3) is 0 Å². The second kappa shape index (κ2) is 5.13. The molecule has 0 aromatic rings. The van der Waals surface area contributed by atoms with Crippen molar-refractivity contribution >= 4 is 25.5 Å². The zero-order chi connectivity index (χ0) is 7.28. The van der Waals surface area contributed by atoms with E-state index in [1.165, 1.54) is 6.42 Å². The molecule has 54 valence electrons. The zero-order valence-corrected chi connectivity index (χ0v) is 8.09. The minimum Gasteiger partial charge on any atom is -0.366 e. The summed E-state index contributed by atoms with van der Waals surface area (Å²) in [4.78, 5) is 2.15. The molecule has 0 spiro atoms. The third-order valence-corrected chi connectivity index (χ3v) is 2.85. The fourth-order valence-electron chi connectivity index (χ4n) is 0.628. The Balaban J connectivity index is 3.45. The van der Waals surface area contributed by atoms with Crippen LogP contribution in [0.4, 0.5) is 0 Å². The first-order valence-corrected chi connectivity index (χ1v) is 5.06. The van der Waals surface area contributed by atoms with Crippen molar-refractivity contribution in [2.24, 2.45) is 0 Å². The predicted molar refractivity (Wildman–Crippen MR) is 49.8 cm³/mol. The van der Waals surface area contributed by atoms with E-state index in [0.29, 0.717) is 0 Å². The molecule has 0 aromatic heterocycles. The van der Waals surface area contributed by atoms with Crippen LogP contribution in [0.25, 0.3) is 0 Å². The Morgan fingerprint density at radius 2 is 2.22 bits per heavy atom.